The van der Waals surface area contributed by atoms with E-state index >= 15 is 0 Å². The monoisotopic (exact) mass is 221 g/mol. The van der Waals surface area contributed by atoms with Crippen LogP contribution in [0.4, 0.5) is 0 Å². The van der Waals surface area contributed by atoms with Crippen LogP contribution in [0.25, 0.3) is 10.9 Å². The van der Waals surface area contributed by atoms with Crippen molar-refractivity contribution in [1.29, 1.82) is 0 Å². The smallest absolute Gasteiger partial charge is 0.0853 e. The Balaban J connectivity index is 2.85. The molecule has 0 saturated carbocycles. The highest BCUT2D eigenvalue weighted by atomic mass is 35.5. The van der Waals surface area contributed by atoms with Gasteiger partial charge < -0.3 is 5.11 Å². The highest BCUT2D eigenvalue weighted by Crippen LogP contribution is 2.25. The summed E-state index contributed by atoms with van der Waals surface area (Å²) < 4.78 is 0. The van der Waals surface area contributed by atoms with Crippen molar-refractivity contribution in [1.82, 2.24) is 4.98 Å². The van der Waals surface area contributed by atoms with Crippen LogP contribution in [0, 0.1) is 13.8 Å². The molecule has 0 aliphatic rings. The standard InChI is InChI=1S/C12H12ClNO/c1-7-4-10(6-15)14-12-8(2)3-9(13)5-11(7)12/h3-5,15H,6H2,1-2H3. The molecule has 0 spiro atoms. The molecule has 0 aliphatic carbocycles. The van der Waals surface area contributed by atoms with Gasteiger partial charge in [0.25, 0.3) is 0 Å². The second-order valence-electron chi connectivity index (χ2n) is 3.71. The first-order chi connectivity index (χ1) is 7.11. The zero-order valence-corrected chi connectivity index (χ0v) is 9.47. The van der Waals surface area contributed by atoms with Gasteiger partial charge in [0.1, 0.15) is 0 Å². The van der Waals surface area contributed by atoms with Crippen LogP contribution in [-0.4, -0.2) is 10.1 Å². The number of benzene rings is 1. The van der Waals surface area contributed by atoms with Crippen molar-refractivity contribution in [2.75, 3.05) is 0 Å². The van der Waals surface area contributed by atoms with Crippen LogP contribution in [0.5, 0.6) is 0 Å². The largest absolute Gasteiger partial charge is 0.390 e. The average molecular weight is 222 g/mol. The van der Waals surface area contributed by atoms with Crippen molar-refractivity contribution in [2.24, 2.45) is 0 Å². The lowest BCUT2D eigenvalue weighted by Gasteiger charge is -2.07. The highest BCUT2D eigenvalue weighted by Gasteiger charge is 2.05. The Labute approximate surface area is 93.5 Å². The summed E-state index contributed by atoms with van der Waals surface area (Å²) in [5, 5.41) is 10.9. The Morgan fingerprint density at radius 2 is 1.93 bits per heavy atom. The van der Waals surface area contributed by atoms with Crippen molar-refractivity contribution in [3.8, 4) is 0 Å². The van der Waals surface area contributed by atoms with Crippen molar-refractivity contribution in [3.63, 3.8) is 0 Å². The van der Waals surface area contributed by atoms with Crippen LogP contribution in [0.15, 0.2) is 18.2 Å². The van der Waals surface area contributed by atoms with Crippen molar-refractivity contribution < 1.29 is 5.11 Å². The van der Waals surface area contributed by atoms with Crippen LogP contribution in [0.1, 0.15) is 16.8 Å². The van der Waals surface area contributed by atoms with Crippen LogP contribution in [-0.2, 0) is 6.61 Å². The lowest BCUT2D eigenvalue weighted by Crippen LogP contribution is -1.94. The highest BCUT2D eigenvalue weighted by molar-refractivity contribution is 6.31. The number of nitrogens with zero attached hydrogens (tertiary/aromatic N) is 1. The molecule has 0 radical (unpaired) electrons. The molecular formula is C12H12ClNO. The molecule has 78 valence electrons. The number of aliphatic hydroxyl groups excluding tert-OH is 1. The zero-order valence-electron chi connectivity index (χ0n) is 8.71. The first kappa shape index (κ1) is 10.4. The third kappa shape index (κ3) is 1.83. The molecule has 0 amide bonds. The van der Waals surface area contributed by atoms with Gasteiger partial charge in [-0.2, -0.15) is 0 Å². The Bertz CT molecular complexity index is 523. The van der Waals surface area contributed by atoms with Gasteiger partial charge in [0, 0.05) is 10.4 Å². The molecule has 0 saturated heterocycles. The third-order valence-corrected chi connectivity index (χ3v) is 2.71. The molecule has 1 heterocycles. The lowest BCUT2D eigenvalue weighted by atomic mass is 10.1. The average Bonchev–Trinajstić information content (AvgIpc) is 2.19. The van der Waals surface area contributed by atoms with Gasteiger partial charge in [-0.25, -0.2) is 0 Å². The van der Waals surface area contributed by atoms with E-state index in [-0.39, 0.29) is 6.61 Å². The summed E-state index contributed by atoms with van der Waals surface area (Å²) in [5.41, 5.74) is 3.75. The third-order valence-electron chi connectivity index (χ3n) is 2.49. The van der Waals surface area contributed by atoms with E-state index in [2.05, 4.69) is 4.98 Å². The van der Waals surface area contributed by atoms with E-state index < -0.39 is 0 Å². The van der Waals surface area contributed by atoms with Gasteiger partial charge in [-0.05, 0) is 43.2 Å². The second kappa shape index (κ2) is 3.80. The normalized spacial score (nSPS) is 10.9. The minimum Gasteiger partial charge on any atom is -0.390 e. The Kier molecular flexibility index (Phi) is 2.63. The lowest BCUT2D eigenvalue weighted by molar-refractivity contribution is 0.277. The molecular weight excluding hydrogens is 210 g/mol. The summed E-state index contributed by atoms with van der Waals surface area (Å²) in [5.74, 6) is 0. The second-order valence-corrected chi connectivity index (χ2v) is 4.14. The fourth-order valence-electron chi connectivity index (χ4n) is 1.77. The van der Waals surface area contributed by atoms with E-state index in [1.54, 1.807) is 0 Å². The SMILES string of the molecule is Cc1cc(CO)nc2c(C)cc(Cl)cc12. The first-order valence-corrected chi connectivity index (χ1v) is 5.17. The summed E-state index contributed by atoms with van der Waals surface area (Å²) in [4.78, 5) is 4.39. The molecule has 0 unspecified atom stereocenters. The van der Waals surface area contributed by atoms with Gasteiger partial charge in [-0.1, -0.05) is 11.6 Å². The van der Waals surface area contributed by atoms with Gasteiger partial charge >= 0.3 is 0 Å². The molecule has 2 nitrogen and oxygen atoms in total. The van der Waals surface area contributed by atoms with Gasteiger partial charge in [-0.15, -0.1) is 0 Å². The fourth-order valence-corrected chi connectivity index (χ4v) is 2.04. The maximum atomic E-state index is 9.08. The summed E-state index contributed by atoms with van der Waals surface area (Å²) in [6.07, 6.45) is 0. The molecule has 0 atom stereocenters. The van der Waals surface area contributed by atoms with E-state index in [1.165, 1.54) is 0 Å². The van der Waals surface area contributed by atoms with Gasteiger partial charge in [0.15, 0.2) is 0 Å². The molecule has 2 rings (SSSR count). The van der Waals surface area contributed by atoms with Crippen LogP contribution >= 0.6 is 11.6 Å². The minimum absolute atomic E-state index is 0.0289. The van der Waals surface area contributed by atoms with Crippen molar-refractivity contribution in [3.05, 3.63) is 40.0 Å². The number of pyridine rings is 1. The quantitative estimate of drug-likeness (QED) is 0.803. The number of hydrogen-bond donors (Lipinski definition) is 1. The summed E-state index contributed by atoms with van der Waals surface area (Å²) in [6, 6.07) is 5.68. The van der Waals surface area contributed by atoms with Gasteiger partial charge in [-0.3, -0.25) is 4.98 Å². The van der Waals surface area contributed by atoms with Crippen LogP contribution in [0.3, 0.4) is 0 Å². The number of aromatic nitrogens is 1. The zero-order chi connectivity index (χ0) is 11.0. The number of aliphatic hydroxyl groups is 1. The molecule has 15 heavy (non-hydrogen) atoms. The molecule has 1 aromatic heterocycles. The molecule has 1 aromatic carbocycles. The molecule has 3 heteroatoms. The molecule has 0 fully saturated rings. The first-order valence-electron chi connectivity index (χ1n) is 4.79. The molecule has 2 aromatic rings. The number of aryl methyl sites for hydroxylation is 2. The maximum absolute atomic E-state index is 9.08. The Morgan fingerprint density at radius 1 is 1.20 bits per heavy atom. The predicted molar refractivity (Wildman–Crippen MR) is 62.1 cm³/mol. The maximum Gasteiger partial charge on any atom is 0.0853 e. The summed E-state index contributed by atoms with van der Waals surface area (Å²) in [6.45, 7) is 3.94. The predicted octanol–water partition coefficient (Wildman–Crippen LogP) is 3.00. The topological polar surface area (TPSA) is 33.1 Å². The Morgan fingerprint density at radius 3 is 2.60 bits per heavy atom. The van der Waals surface area contributed by atoms with E-state index in [1.807, 2.05) is 32.0 Å². The van der Waals surface area contributed by atoms with Crippen LogP contribution in [0.2, 0.25) is 5.02 Å². The molecule has 0 bridgehead atoms. The van der Waals surface area contributed by atoms with Gasteiger partial charge in [0.05, 0.1) is 17.8 Å². The Hall–Kier alpha value is -1.12. The summed E-state index contributed by atoms with van der Waals surface area (Å²) in [7, 11) is 0. The van der Waals surface area contributed by atoms with E-state index in [4.69, 9.17) is 16.7 Å². The number of hydrogen-bond acceptors (Lipinski definition) is 2. The van der Waals surface area contributed by atoms with Crippen molar-refractivity contribution in [2.45, 2.75) is 20.5 Å². The fraction of sp³-hybridized carbons (Fsp3) is 0.250. The van der Waals surface area contributed by atoms with E-state index in [0.29, 0.717) is 5.69 Å². The minimum atomic E-state index is -0.0289. The van der Waals surface area contributed by atoms with Crippen LogP contribution < -0.4 is 0 Å². The van der Waals surface area contributed by atoms with E-state index in [0.717, 1.165) is 27.1 Å². The van der Waals surface area contributed by atoms with Gasteiger partial charge in [0.2, 0.25) is 0 Å². The number of halogens is 1. The number of rotatable bonds is 1. The molecule has 1 N–H and O–H groups in total. The molecule has 0 aliphatic heterocycles. The van der Waals surface area contributed by atoms with E-state index in [9.17, 15) is 0 Å². The number of fused-ring (bicyclic) bond motifs is 1. The summed E-state index contributed by atoms with van der Waals surface area (Å²) >= 11 is 5.99. The van der Waals surface area contributed by atoms with Crippen molar-refractivity contribution >= 4 is 22.5 Å².